The lowest BCUT2D eigenvalue weighted by molar-refractivity contribution is -0.155. The van der Waals surface area contributed by atoms with Crippen LogP contribution >= 0.6 is 11.6 Å². The van der Waals surface area contributed by atoms with Gasteiger partial charge in [-0.25, -0.2) is 4.98 Å². The summed E-state index contributed by atoms with van der Waals surface area (Å²) in [5.74, 6) is -1.23. The van der Waals surface area contributed by atoms with Gasteiger partial charge in [0.15, 0.2) is 6.10 Å². The molecule has 0 bridgehead atoms. The highest BCUT2D eigenvalue weighted by atomic mass is 35.5. The van der Waals surface area contributed by atoms with Gasteiger partial charge in [-0.3, -0.25) is 19.0 Å². The van der Waals surface area contributed by atoms with E-state index in [2.05, 4.69) is 10.3 Å². The van der Waals surface area contributed by atoms with Crippen LogP contribution in [0.15, 0.2) is 64.1 Å². The van der Waals surface area contributed by atoms with Crippen molar-refractivity contribution in [3.63, 3.8) is 0 Å². The number of nitrogens with one attached hydrogen (secondary N) is 1. The van der Waals surface area contributed by atoms with Crippen molar-refractivity contribution in [1.29, 1.82) is 0 Å². The van der Waals surface area contributed by atoms with E-state index in [0.29, 0.717) is 21.5 Å². The predicted molar refractivity (Wildman–Crippen MR) is 115 cm³/mol. The molecule has 0 radical (unpaired) electrons. The van der Waals surface area contributed by atoms with Crippen LogP contribution in [0.4, 0.5) is 0 Å². The van der Waals surface area contributed by atoms with E-state index in [9.17, 15) is 14.4 Å². The number of fused-ring (bicyclic) bond motifs is 3. The molecule has 8 nitrogen and oxygen atoms in total. The molecule has 0 saturated carbocycles. The smallest absolute Gasteiger partial charge is 0.326 e. The monoisotopic (exact) mass is 439 g/mol. The average molecular weight is 440 g/mol. The molecule has 0 aliphatic heterocycles. The van der Waals surface area contributed by atoms with Gasteiger partial charge in [0, 0.05) is 17.0 Å². The molecule has 2 heterocycles. The van der Waals surface area contributed by atoms with Gasteiger partial charge in [0.1, 0.15) is 17.6 Å². The number of aromatic nitrogens is 2. The normalized spacial score (nSPS) is 12.1. The van der Waals surface area contributed by atoms with Gasteiger partial charge in [0.2, 0.25) is 5.58 Å². The van der Waals surface area contributed by atoms with Gasteiger partial charge in [0.05, 0.1) is 6.33 Å². The molecule has 1 atom stereocenters. The number of amides is 1. The summed E-state index contributed by atoms with van der Waals surface area (Å²) in [5.41, 5.74) is 1.26. The molecule has 31 heavy (non-hydrogen) atoms. The standard InChI is InChI=1S/C22H18ClN3O5/c1-13(21(28)24-10-14-6-2-4-8-16(14)23)30-18(27)11-26-12-25-19-15-7-3-5-9-17(15)31-20(19)22(26)29/h2-9,12-13H,10-11H2,1H3,(H,24,28). The summed E-state index contributed by atoms with van der Waals surface area (Å²) < 4.78 is 11.8. The van der Waals surface area contributed by atoms with Crippen LogP contribution in [0.5, 0.6) is 0 Å². The highest BCUT2D eigenvalue weighted by molar-refractivity contribution is 6.31. The van der Waals surface area contributed by atoms with Crippen LogP contribution in [0.25, 0.3) is 22.1 Å². The quantitative estimate of drug-likeness (QED) is 0.463. The third-order valence-electron chi connectivity index (χ3n) is 4.74. The van der Waals surface area contributed by atoms with E-state index in [1.165, 1.54) is 13.3 Å². The van der Waals surface area contributed by atoms with Gasteiger partial charge in [-0.1, -0.05) is 41.9 Å². The number of ether oxygens (including phenoxy) is 1. The van der Waals surface area contributed by atoms with E-state index in [-0.39, 0.29) is 12.1 Å². The first-order valence-corrected chi connectivity index (χ1v) is 9.89. The van der Waals surface area contributed by atoms with Crippen molar-refractivity contribution in [3.8, 4) is 0 Å². The van der Waals surface area contributed by atoms with Crippen LogP contribution in [-0.4, -0.2) is 27.5 Å². The number of furan rings is 1. The number of carbonyl (C=O) groups is 2. The molecule has 158 valence electrons. The van der Waals surface area contributed by atoms with Gasteiger partial charge in [-0.05, 0) is 30.7 Å². The first-order chi connectivity index (χ1) is 14.9. The molecule has 1 unspecified atom stereocenters. The number of rotatable bonds is 6. The molecule has 1 amide bonds. The number of esters is 1. The molecule has 2 aromatic heterocycles. The van der Waals surface area contributed by atoms with E-state index in [0.717, 1.165) is 10.1 Å². The summed E-state index contributed by atoms with van der Waals surface area (Å²) in [4.78, 5) is 41.4. The summed E-state index contributed by atoms with van der Waals surface area (Å²) in [6.07, 6.45) is 0.212. The molecule has 0 saturated heterocycles. The number of para-hydroxylation sites is 1. The summed E-state index contributed by atoms with van der Waals surface area (Å²) in [6.45, 7) is 1.25. The Morgan fingerprint density at radius 2 is 1.94 bits per heavy atom. The van der Waals surface area contributed by atoms with Gasteiger partial charge in [0.25, 0.3) is 11.5 Å². The van der Waals surface area contributed by atoms with Crippen LogP contribution in [0, 0.1) is 0 Å². The van der Waals surface area contributed by atoms with Gasteiger partial charge in [-0.15, -0.1) is 0 Å². The van der Waals surface area contributed by atoms with Crippen molar-refractivity contribution >= 4 is 45.5 Å². The SMILES string of the molecule is CC(OC(=O)Cn1cnc2c(oc3ccccc32)c1=O)C(=O)NCc1ccccc1Cl. The first-order valence-electron chi connectivity index (χ1n) is 9.51. The number of carbonyl (C=O) groups excluding carboxylic acids is 2. The molecule has 0 fully saturated rings. The number of halogens is 1. The third-order valence-corrected chi connectivity index (χ3v) is 5.11. The topological polar surface area (TPSA) is 103 Å². The van der Waals surface area contributed by atoms with Crippen LogP contribution < -0.4 is 10.9 Å². The van der Waals surface area contributed by atoms with Crippen molar-refractivity contribution in [2.24, 2.45) is 0 Å². The fourth-order valence-electron chi connectivity index (χ4n) is 3.12. The van der Waals surface area contributed by atoms with Crippen molar-refractivity contribution in [2.45, 2.75) is 26.1 Å². The number of hydrogen-bond donors (Lipinski definition) is 1. The largest absolute Gasteiger partial charge is 0.451 e. The third kappa shape index (κ3) is 4.29. The van der Waals surface area contributed by atoms with Crippen LogP contribution in [0.1, 0.15) is 12.5 Å². The Bertz CT molecular complexity index is 1340. The minimum Gasteiger partial charge on any atom is -0.451 e. The van der Waals surface area contributed by atoms with Crippen LogP contribution in [0.2, 0.25) is 5.02 Å². The Hall–Kier alpha value is -3.65. The Morgan fingerprint density at radius 1 is 1.19 bits per heavy atom. The molecule has 4 aromatic rings. The van der Waals surface area contributed by atoms with E-state index in [4.69, 9.17) is 20.8 Å². The molecular formula is C22H18ClN3O5. The zero-order chi connectivity index (χ0) is 22.0. The minimum absolute atomic E-state index is 0.0574. The fourth-order valence-corrected chi connectivity index (χ4v) is 3.33. The second-order valence-electron chi connectivity index (χ2n) is 6.89. The maximum Gasteiger partial charge on any atom is 0.326 e. The molecule has 4 rings (SSSR count). The molecule has 9 heteroatoms. The zero-order valence-corrected chi connectivity index (χ0v) is 17.3. The highest BCUT2D eigenvalue weighted by Crippen LogP contribution is 2.24. The lowest BCUT2D eigenvalue weighted by Gasteiger charge is -2.14. The Balaban J connectivity index is 1.41. The molecular weight excluding hydrogens is 422 g/mol. The van der Waals surface area contributed by atoms with Crippen molar-refractivity contribution in [1.82, 2.24) is 14.9 Å². The lowest BCUT2D eigenvalue weighted by atomic mass is 10.2. The lowest BCUT2D eigenvalue weighted by Crippen LogP contribution is -2.37. The molecule has 0 aliphatic rings. The fraction of sp³-hybridized carbons (Fsp3) is 0.182. The van der Waals surface area contributed by atoms with Gasteiger partial charge >= 0.3 is 5.97 Å². The summed E-state index contributed by atoms with van der Waals surface area (Å²) in [6, 6.07) is 14.2. The van der Waals surface area contributed by atoms with Crippen LogP contribution in [0.3, 0.4) is 0 Å². The Kier molecular flexibility index (Phi) is 5.73. The van der Waals surface area contributed by atoms with E-state index in [1.54, 1.807) is 42.5 Å². The van der Waals surface area contributed by atoms with E-state index >= 15 is 0 Å². The first kappa shape index (κ1) is 20.6. The van der Waals surface area contributed by atoms with Crippen molar-refractivity contribution in [3.05, 3.63) is 75.8 Å². The highest BCUT2D eigenvalue weighted by Gasteiger charge is 2.20. The summed E-state index contributed by atoms with van der Waals surface area (Å²) in [7, 11) is 0. The van der Waals surface area contributed by atoms with Gasteiger partial charge < -0.3 is 14.5 Å². The zero-order valence-electron chi connectivity index (χ0n) is 16.5. The Labute approximate surface area is 181 Å². The number of benzene rings is 2. The molecule has 0 aliphatic carbocycles. The molecule has 0 spiro atoms. The number of hydrogen-bond acceptors (Lipinski definition) is 6. The average Bonchev–Trinajstić information content (AvgIpc) is 3.14. The van der Waals surface area contributed by atoms with Crippen molar-refractivity contribution < 1.29 is 18.7 Å². The summed E-state index contributed by atoms with van der Waals surface area (Å²) >= 11 is 6.06. The Morgan fingerprint density at radius 3 is 2.74 bits per heavy atom. The maximum absolute atomic E-state index is 12.7. The molecule has 1 N–H and O–H groups in total. The summed E-state index contributed by atoms with van der Waals surface area (Å²) in [5, 5.41) is 3.91. The van der Waals surface area contributed by atoms with E-state index in [1.807, 2.05) is 6.07 Å². The predicted octanol–water partition coefficient (Wildman–Crippen LogP) is 3.04. The minimum atomic E-state index is -1.05. The van der Waals surface area contributed by atoms with E-state index < -0.39 is 30.1 Å². The van der Waals surface area contributed by atoms with Crippen LogP contribution in [-0.2, 0) is 27.4 Å². The second kappa shape index (κ2) is 8.61. The maximum atomic E-state index is 12.7. The molecule has 2 aromatic carbocycles. The van der Waals surface area contributed by atoms with Gasteiger partial charge in [-0.2, -0.15) is 0 Å². The van der Waals surface area contributed by atoms with Crippen molar-refractivity contribution in [2.75, 3.05) is 0 Å². The second-order valence-corrected chi connectivity index (χ2v) is 7.30. The number of nitrogens with zero attached hydrogens (tertiary/aromatic N) is 2.